The van der Waals surface area contributed by atoms with E-state index in [0.717, 1.165) is 17.5 Å². The highest BCUT2D eigenvalue weighted by Crippen LogP contribution is 2.45. The standard InChI is InChI=1S/C29H28O2S/c1-4-31-28(30)23-15-12-21(13-16-23)10-11-22-14-17-26-25(20-22)27(18-19-29(26,2)3)32-24-8-6-5-7-9-24/h5-18,20H,4,19H2,1-3H3. The van der Waals surface area contributed by atoms with Crippen LogP contribution < -0.4 is 0 Å². The smallest absolute Gasteiger partial charge is 0.338 e. The lowest BCUT2D eigenvalue weighted by molar-refractivity contribution is 0.0526. The van der Waals surface area contributed by atoms with Gasteiger partial charge in [-0.15, -0.1) is 0 Å². The number of carbonyl (C=O) groups excluding carboxylic acids is 1. The van der Waals surface area contributed by atoms with Crippen LogP contribution in [0.4, 0.5) is 0 Å². The molecular weight excluding hydrogens is 412 g/mol. The van der Waals surface area contributed by atoms with Crippen LogP contribution in [-0.2, 0) is 10.2 Å². The second-order valence-electron chi connectivity index (χ2n) is 8.55. The predicted molar refractivity (Wildman–Crippen MR) is 136 cm³/mol. The molecule has 0 unspecified atom stereocenters. The van der Waals surface area contributed by atoms with Gasteiger partial charge in [0.15, 0.2) is 0 Å². The molecule has 162 valence electrons. The normalized spacial score (nSPS) is 14.7. The Kier molecular flexibility index (Phi) is 6.66. The van der Waals surface area contributed by atoms with E-state index in [-0.39, 0.29) is 11.4 Å². The van der Waals surface area contributed by atoms with Crippen LogP contribution in [0.25, 0.3) is 17.1 Å². The SMILES string of the molecule is CCOC(=O)c1ccc(C=Cc2ccc3c(c2)C(Sc2ccccc2)=CCC3(C)C)cc1. The number of ether oxygens (including phenoxy) is 1. The predicted octanol–water partition coefficient (Wildman–Crippen LogP) is 7.85. The third-order valence-electron chi connectivity index (χ3n) is 5.70. The first-order chi connectivity index (χ1) is 15.5. The highest BCUT2D eigenvalue weighted by atomic mass is 32.2. The maximum absolute atomic E-state index is 11.8. The Labute approximate surface area is 195 Å². The quantitative estimate of drug-likeness (QED) is 0.288. The molecule has 2 nitrogen and oxygen atoms in total. The largest absolute Gasteiger partial charge is 0.462 e. The van der Waals surface area contributed by atoms with Crippen LogP contribution in [0, 0.1) is 0 Å². The minimum Gasteiger partial charge on any atom is -0.462 e. The lowest BCUT2D eigenvalue weighted by Gasteiger charge is -2.32. The molecule has 0 aromatic heterocycles. The molecule has 0 saturated heterocycles. The summed E-state index contributed by atoms with van der Waals surface area (Å²) in [4.78, 5) is 14.4. The lowest BCUT2D eigenvalue weighted by Crippen LogP contribution is -2.21. The van der Waals surface area contributed by atoms with Gasteiger partial charge in [0.05, 0.1) is 12.2 Å². The van der Waals surface area contributed by atoms with Gasteiger partial charge >= 0.3 is 5.97 Å². The van der Waals surface area contributed by atoms with Crippen molar-refractivity contribution in [1.29, 1.82) is 0 Å². The Bertz CT molecular complexity index is 1160. The number of allylic oxidation sites excluding steroid dienone is 1. The molecule has 1 aliphatic carbocycles. The summed E-state index contributed by atoms with van der Waals surface area (Å²) in [6.07, 6.45) is 7.63. The van der Waals surface area contributed by atoms with Crippen molar-refractivity contribution in [3.05, 3.63) is 107 Å². The third-order valence-corrected chi connectivity index (χ3v) is 6.81. The first kappa shape index (κ1) is 22.2. The molecule has 0 amide bonds. The van der Waals surface area contributed by atoms with Gasteiger partial charge in [0.2, 0.25) is 0 Å². The molecule has 0 heterocycles. The number of hydrogen-bond acceptors (Lipinski definition) is 3. The number of thioether (sulfide) groups is 1. The molecular formula is C29H28O2S. The Morgan fingerprint density at radius 3 is 2.38 bits per heavy atom. The number of esters is 1. The summed E-state index contributed by atoms with van der Waals surface area (Å²) in [5.74, 6) is -0.282. The maximum atomic E-state index is 11.8. The molecule has 32 heavy (non-hydrogen) atoms. The highest BCUT2D eigenvalue weighted by Gasteiger charge is 2.28. The van der Waals surface area contributed by atoms with Crippen LogP contribution in [0.1, 0.15) is 59.8 Å². The summed E-state index contributed by atoms with van der Waals surface area (Å²) in [5.41, 5.74) is 5.62. The van der Waals surface area contributed by atoms with E-state index in [1.54, 1.807) is 0 Å². The average Bonchev–Trinajstić information content (AvgIpc) is 2.81. The molecule has 0 atom stereocenters. The van der Waals surface area contributed by atoms with Crippen molar-refractivity contribution in [2.75, 3.05) is 6.61 Å². The summed E-state index contributed by atoms with van der Waals surface area (Å²) < 4.78 is 5.06. The van der Waals surface area contributed by atoms with Crippen molar-refractivity contribution in [3.8, 4) is 0 Å². The Balaban J connectivity index is 1.58. The Morgan fingerprint density at radius 1 is 0.969 bits per heavy atom. The molecule has 3 aromatic rings. The van der Waals surface area contributed by atoms with Crippen molar-refractivity contribution in [1.82, 2.24) is 0 Å². The van der Waals surface area contributed by atoms with Gasteiger partial charge in [0.25, 0.3) is 0 Å². The fourth-order valence-electron chi connectivity index (χ4n) is 3.88. The minimum absolute atomic E-state index is 0.126. The molecule has 0 saturated carbocycles. The van der Waals surface area contributed by atoms with Gasteiger partial charge in [-0.1, -0.05) is 86.3 Å². The maximum Gasteiger partial charge on any atom is 0.338 e. The summed E-state index contributed by atoms with van der Waals surface area (Å²) in [6, 6.07) is 24.8. The Morgan fingerprint density at radius 2 is 1.66 bits per heavy atom. The fourth-order valence-corrected chi connectivity index (χ4v) is 4.87. The molecule has 0 spiro atoms. The first-order valence-corrected chi connectivity index (χ1v) is 11.8. The summed E-state index contributed by atoms with van der Waals surface area (Å²) in [7, 11) is 0. The van der Waals surface area contributed by atoms with E-state index in [9.17, 15) is 4.79 Å². The van der Waals surface area contributed by atoms with Gasteiger partial charge in [0, 0.05) is 9.80 Å². The van der Waals surface area contributed by atoms with Gasteiger partial charge in [-0.25, -0.2) is 4.79 Å². The zero-order chi connectivity index (χ0) is 22.6. The molecule has 0 aliphatic heterocycles. The van der Waals surface area contributed by atoms with Crippen LogP contribution in [-0.4, -0.2) is 12.6 Å². The zero-order valence-electron chi connectivity index (χ0n) is 18.8. The van der Waals surface area contributed by atoms with Crippen LogP contribution >= 0.6 is 11.8 Å². The van der Waals surface area contributed by atoms with Crippen molar-refractivity contribution < 1.29 is 9.53 Å². The van der Waals surface area contributed by atoms with E-state index in [4.69, 9.17) is 4.74 Å². The number of hydrogen-bond donors (Lipinski definition) is 0. The van der Waals surface area contributed by atoms with Gasteiger partial charge in [-0.05, 0) is 71.3 Å². The van der Waals surface area contributed by atoms with Crippen molar-refractivity contribution >= 4 is 34.8 Å². The first-order valence-electron chi connectivity index (χ1n) is 11.0. The number of rotatable bonds is 6. The van der Waals surface area contributed by atoms with E-state index in [1.165, 1.54) is 20.9 Å². The van der Waals surface area contributed by atoms with E-state index < -0.39 is 0 Å². The van der Waals surface area contributed by atoms with Crippen LogP contribution in [0.3, 0.4) is 0 Å². The van der Waals surface area contributed by atoms with Gasteiger partial charge in [0.1, 0.15) is 0 Å². The van der Waals surface area contributed by atoms with Gasteiger partial charge in [-0.3, -0.25) is 0 Å². The van der Waals surface area contributed by atoms with Crippen molar-refractivity contribution in [3.63, 3.8) is 0 Å². The van der Waals surface area contributed by atoms with E-state index >= 15 is 0 Å². The molecule has 0 bridgehead atoms. The van der Waals surface area contributed by atoms with Crippen LogP contribution in [0.5, 0.6) is 0 Å². The number of fused-ring (bicyclic) bond motifs is 1. The number of benzene rings is 3. The van der Waals surface area contributed by atoms with Gasteiger partial charge in [-0.2, -0.15) is 0 Å². The second-order valence-corrected chi connectivity index (χ2v) is 9.67. The average molecular weight is 441 g/mol. The molecule has 0 radical (unpaired) electrons. The second kappa shape index (κ2) is 9.62. The Hall–Kier alpha value is -3.04. The molecule has 3 heteroatoms. The summed E-state index contributed by atoms with van der Waals surface area (Å²) >= 11 is 1.83. The molecule has 3 aromatic carbocycles. The number of carbonyl (C=O) groups is 1. The van der Waals surface area contributed by atoms with E-state index in [1.807, 2.05) is 43.0 Å². The van der Waals surface area contributed by atoms with Crippen molar-refractivity contribution in [2.45, 2.75) is 37.5 Å². The monoisotopic (exact) mass is 440 g/mol. The molecule has 0 fully saturated rings. The highest BCUT2D eigenvalue weighted by molar-refractivity contribution is 8.08. The van der Waals surface area contributed by atoms with Gasteiger partial charge < -0.3 is 4.74 Å². The molecule has 0 N–H and O–H groups in total. The summed E-state index contributed by atoms with van der Waals surface area (Å²) in [6.45, 7) is 6.82. The summed E-state index contributed by atoms with van der Waals surface area (Å²) in [5, 5.41) is 0. The van der Waals surface area contributed by atoms with Crippen LogP contribution in [0.15, 0.2) is 83.8 Å². The third kappa shape index (κ3) is 5.05. The van der Waals surface area contributed by atoms with Crippen molar-refractivity contribution in [2.24, 2.45) is 0 Å². The van der Waals surface area contributed by atoms with Crippen LogP contribution in [0.2, 0.25) is 0 Å². The molecule has 4 rings (SSSR count). The fraction of sp³-hybridized carbons (Fsp3) is 0.207. The van der Waals surface area contributed by atoms with E-state index in [2.05, 4.69) is 80.6 Å². The lowest BCUT2D eigenvalue weighted by atomic mass is 9.75. The minimum atomic E-state index is -0.282. The molecule has 1 aliphatic rings. The van der Waals surface area contributed by atoms with E-state index in [0.29, 0.717) is 12.2 Å². The topological polar surface area (TPSA) is 26.3 Å². The zero-order valence-corrected chi connectivity index (χ0v) is 19.6.